The number of benzene rings is 1. The second kappa shape index (κ2) is 5.22. The lowest BCUT2D eigenvalue weighted by atomic mass is 10.1. The number of carbonyl (C=O) groups is 1. The van der Waals surface area contributed by atoms with E-state index in [4.69, 9.17) is 5.73 Å². The smallest absolute Gasteiger partial charge is 0.251 e. The van der Waals surface area contributed by atoms with Crippen molar-refractivity contribution in [2.45, 2.75) is 6.54 Å². The highest BCUT2D eigenvalue weighted by Crippen LogP contribution is 2.20. The van der Waals surface area contributed by atoms with Crippen molar-refractivity contribution < 1.29 is 4.79 Å². The van der Waals surface area contributed by atoms with Gasteiger partial charge in [0.15, 0.2) is 0 Å². The van der Waals surface area contributed by atoms with E-state index >= 15 is 0 Å². The van der Waals surface area contributed by atoms with Gasteiger partial charge in [0.05, 0.1) is 17.6 Å². The van der Waals surface area contributed by atoms with E-state index in [1.165, 1.54) is 0 Å². The Labute approximate surface area is 105 Å². The van der Waals surface area contributed by atoms with Crippen molar-refractivity contribution in [3.8, 4) is 0 Å². The highest BCUT2D eigenvalue weighted by atomic mass is 16.1. The topological polar surface area (TPSA) is 95.8 Å². The largest absolute Gasteiger partial charge is 0.397 e. The number of aromatic amines is 1. The Hall–Kier alpha value is -2.50. The van der Waals surface area contributed by atoms with E-state index in [-0.39, 0.29) is 5.91 Å². The van der Waals surface area contributed by atoms with Crippen LogP contribution in [0.4, 0.5) is 11.4 Å². The Morgan fingerprint density at radius 3 is 3.00 bits per heavy atom. The summed E-state index contributed by atoms with van der Waals surface area (Å²) >= 11 is 0. The minimum atomic E-state index is -0.138. The standard InChI is InChI=1S/C12H15N5O/c1-14-12(18)9-2-3-10(13)11(4-9)15-5-8-6-16-17-7-8/h2-4,6-7,15H,5,13H2,1H3,(H,14,18)(H,16,17). The molecule has 1 aromatic heterocycles. The number of nitrogen functional groups attached to an aromatic ring is 1. The molecule has 1 heterocycles. The third kappa shape index (κ3) is 2.60. The van der Waals surface area contributed by atoms with E-state index in [1.807, 2.05) is 0 Å². The molecule has 5 N–H and O–H groups in total. The predicted octanol–water partition coefficient (Wildman–Crippen LogP) is 0.964. The Kier molecular flexibility index (Phi) is 3.47. The summed E-state index contributed by atoms with van der Waals surface area (Å²) in [6.45, 7) is 0.595. The van der Waals surface area contributed by atoms with Gasteiger partial charge in [-0.25, -0.2) is 0 Å². The molecule has 0 aliphatic heterocycles. The van der Waals surface area contributed by atoms with Crippen LogP contribution < -0.4 is 16.4 Å². The summed E-state index contributed by atoms with van der Waals surface area (Å²) in [5.41, 5.74) is 8.77. The first-order valence-electron chi connectivity index (χ1n) is 5.54. The van der Waals surface area contributed by atoms with Gasteiger partial charge in [0.25, 0.3) is 5.91 Å². The van der Waals surface area contributed by atoms with E-state index in [0.29, 0.717) is 17.8 Å². The Morgan fingerprint density at radius 2 is 2.33 bits per heavy atom. The minimum absolute atomic E-state index is 0.138. The average molecular weight is 245 g/mol. The summed E-state index contributed by atoms with van der Waals surface area (Å²) < 4.78 is 0. The van der Waals surface area contributed by atoms with Crippen LogP contribution in [0.2, 0.25) is 0 Å². The quantitative estimate of drug-likeness (QED) is 0.603. The van der Waals surface area contributed by atoms with Gasteiger partial charge in [-0.15, -0.1) is 0 Å². The molecule has 0 unspecified atom stereocenters. The summed E-state index contributed by atoms with van der Waals surface area (Å²) in [5.74, 6) is -0.138. The van der Waals surface area contributed by atoms with Crippen LogP contribution in [0.1, 0.15) is 15.9 Å². The number of H-pyrrole nitrogens is 1. The molecule has 18 heavy (non-hydrogen) atoms. The highest BCUT2D eigenvalue weighted by molar-refractivity contribution is 5.96. The second-order valence-corrected chi connectivity index (χ2v) is 3.84. The van der Waals surface area contributed by atoms with Crippen LogP contribution >= 0.6 is 0 Å². The zero-order valence-corrected chi connectivity index (χ0v) is 10.0. The van der Waals surface area contributed by atoms with Gasteiger partial charge in [-0.2, -0.15) is 5.10 Å². The molecule has 6 nitrogen and oxygen atoms in total. The molecular weight excluding hydrogens is 230 g/mol. The van der Waals surface area contributed by atoms with Crippen LogP contribution in [0.3, 0.4) is 0 Å². The van der Waals surface area contributed by atoms with Gasteiger partial charge in [0.2, 0.25) is 0 Å². The maximum atomic E-state index is 11.5. The first-order valence-corrected chi connectivity index (χ1v) is 5.54. The van der Waals surface area contributed by atoms with Gasteiger partial charge >= 0.3 is 0 Å². The van der Waals surface area contributed by atoms with E-state index in [2.05, 4.69) is 20.8 Å². The Morgan fingerprint density at radius 1 is 1.50 bits per heavy atom. The monoisotopic (exact) mass is 245 g/mol. The summed E-state index contributed by atoms with van der Waals surface area (Å²) in [6, 6.07) is 5.13. The van der Waals surface area contributed by atoms with Gasteiger partial charge in [0.1, 0.15) is 0 Å². The fourth-order valence-electron chi connectivity index (χ4n) is 1.57. The predicted molar refractivity (Wildman–Crippen MR) is 70.2 cm³/mol. The van der Waals surface area contributed by atoms with Crippen molar-refractivity contribution in [2.75, 3.05) is 18.1 Å². The summed E-state index contributed by atoms with van der Waals surface area (Å²) in [6.07, 6.45) is 3.53. The van der Waals surface area contributed by atoms with Crippen molar-refractivity contribution in [1.29, 1.82) is 0 Å². The van der Waals surface area contributed by atoms with E-state index < -0.39 is 0 Å². The third-order valence-corrected chi connectivity index (χ3v) is 2.58. The number of carbonyl (C=O) groups excluding carboxylic acids is 1. The average Bonchev–Trinajstić information content (AvgIpc) is 2.90. The third-order valence-electron chi connectivity index (χ3n) is 2.58. The molecule has 0 atom stereocenters. The maximum Gasteiger partial charge on any atom is 0.251 e. The molecule has 0 saturated carbocycles. The number of hydrogen-bond acceptors (Lipinski definition) is 4. The van der Waals surface area contributed by atoms with Gasteiger partial charge in [0, 0.05) is 30.9 Å². The molecular formula is C12H15N5O. The van der Waals surface area contributed by atoms with Crippen molar-refractivity contribution in [3.05, 3.63) is 41.7 Å². The van der Waals surface area contributed by atoms with Crippen LogP contribution in [0.15, 0.2) is 30.6 Å². The Bertz CT molecular complexity index is 535. The molecule has 2 aromatic rings. The van der Waals surface area contributed by atoms with Crippen molar-refractivity contribution in [3.63, 3.8) is 0 Å². The molecule has 94 valence electrons. The van der Waals surface area contributed by atoms with E-state index in [9.17, 15) is 4.79 Å². The first-order chi connectivity index (χ1) is 8.70. The van der Waals surface area contributed by atoms with E-state index in [1.54, 1.807) is 37.6 Å². The number of nitrogens with one attached hydrogen (secondary N) is 3. The minimum Gasteiger partial charge on any atom is -0.397 e. The number of aromatic nitrogens is 2. The summed E-state index contributed by atoms with van der Waals surface area (Å²) in [7, 11) is 1.59. The second-order valence-electron chi connectivity index (χ2n) is 3.84. The summed E-state index contributed by atoms with van der Waals surface area (Å²) in [5, 5.41) is 12.3. The van der Waals surface area contributed by atoms with Crippen LogP contribution in [0.5, 0.6) is 0 Å². The molecule has 0 aliphatic carbocycles. The fourth-order valence-corrected chi connectivity index (χ4v) is 1.57. The molecule has 0 bridgehead atoms. The number of amides is 1. The van der Waals surface area contributed by atoms with Crippen LogP contribution in [-0.2, 0) is 6.54 Å². The molecule has 0 radical (unpaired) electrons. The molecule has 1 aromatic carbocycles. The molecule has 0 saturated heterocycles. The SMILES string of the molecule is CNC(=O)c1ccc(N)c(NCc2cn[nH]c2)c1. The molecule has 6 heteroatoms. The first kappa shape index (κ1) is 12.0. The normalized spacial score (nSPS) is 10.1. The number of rotatable bonds is 4. The van der Waals surface area contributed by atoms with Crippen LogP contribution in [0.25, 0.3) is 0 Å². The van der Waals surface area contributed by atoms with Gasteiger partial charge in [-0.1, -0.05) is 0 Å². The molecule has 0 spiro atoms. The number of hydrogen-bond donors (Lipinski definition) is 4. The highest BCUT2D eigenvalue weighted by Gasteiger charge is 2.06. The molecule has 2 rings (SSSR count). The van der Waals surface area contributed by atoms with E-state index in [0.717, 1.165) is 11.3 Å². The fraction of sp³-hybridized carbons (Fsp3) is 0.167. The molecule has 0 aliphatic rings. The molecule has 1 amide bonds. The maximum absolute atomic E-state index is 11.5. The van der Waals surface area contributed by atoms with Crippen LogP contribution in [-0.4, -0.2) is 23.2 Å². The lowest BCUT2D eigenvalue weighted by molar-refractivity contribution is 0.0963. The van der Waals surface area contributed by atoms with Gasteiger partial charge in [-0.05, 0) is 18.2 Å². The number of nitrogens with zero attached hydrogens (tertiary/aromatic N) is 1. The van der Waals surface area contributed by atoms with Gasteiger partial charge < -0.3 is 16.4 Å². The summed E-state index contributed by atoms with van der Waals surface area (Å²) in [4.78, 5) is 11.5. The number of anilines is 2. The lowest BCUT2D eigenvalue weighted by Gasteiger charge is -2.10. The van der Waals surface area contributed by atoms with Gasteiger partial charge in [-0.3, -0.25) is 9.89 Å². The lowest BCUT2D eigenvalue weighted by Crippen LogP contribution is -2.18. The zero-order chi connectivity index (χ0) is 13.0. The number of nitrogens with two attached hydrogens (primary N) is 1. The van der Waals surface area contributed by atoms with Crippen molar-refractivity contribution in [1.82, 2.24) is 15.5 Å². The van der Waals surface area contributed by atoms with Crippen molar-refractivity contribution in [2.24, 2.45) is 0 Å². The Balaban J connectivity index is 2.13. The molecule has 0 fully saturated rings. The van der Waals surface area contributed by atoms with Crippen molar-refractivity contribution >= 4 is 17.3 Å². The van der Waals surface area contributed by atoms with Crippen LogP contribution in [0, 0.1) is 0 Å². The zero-order valence-electron chi connectivity index (χ0n) is 10.0.